The van der Waals surface area contributed by atoms with Gasteiger partial charge in [0.15, 0.2) is 0 Å². The SMILES string of the molecule is CC[C@@H]1OCc2ccccc2[C@H]1N.C[C@@H]1OCc2cccc(Cl)c2[C@H]1N.C[C@@H]1OCc2ccccc2[C@H]1N.Cc1ccc2c(c1)[C@H](N)[C@H](C)OC2.Cc1cccc2c1[C@@H](N)[C@@H](C)OC2. The molecule has 10 atom stereocenters. The van der Waals surface area contributed by atoms with Crippen LogP contribution >= 0.6 is 11.6 Å². The van der Waals surface area contributed by atoms with Gasteiger partial charge in [0.05, 0.1) is 93.8 Å². The van der Waals surface area contributed by atoms with Crippen LogP contribution in [-0.4, -0.2) is 30.5 Å². The Morgan fingerprint density at radius 1 is 0.453 bits per heavy atom. The molecule has 0 amide bonds. The Morgan fingerprint density at radius 2 is 0.875 bits per heavy atom. The highest BCUT2D eigenvalue weighted by atomic mass is 35.5. The molecule has 0 spiro atoms. The van der Waals surface area contributed by atoms with Crippen molar-refractivity contribution >= 4 is 11.6 Å². The lowest BCUT2D eigenvalue weighted by molar-refractivity contribution is 0.00680. The first-order valence-corrected chi connectivity index (χ1v) is 23.0. The van der Waals surface area contributed by atoms with Crippen molar-refractivity contribution < 1.29 is 23.7 Å². The lowest BCUT2D eigenvalue weighted by Crippen LogP contribution is -2.33. The zero-order valence-corrected chi connectivity index (χ0v) is 39.4. The third-order valence-corrected chi connectivity index (χ3v) is 13.3. The number of aryl methyl sites for hydroxylation is 2. The summed E-state index contributed by atoms with van der Waals surface area (Å²) in [6.07, 6.45) is 1.63. The molecule has 10 N–H and O–H groups in total. The summed E-state index contributed by atoms with van der Waals surface area (Å²) in [7, 11) is 0. The molecule has 64 heavy (non-hydrogen) atoms. The molecule has 0 fully saturated rings. The maximum Gasteiger partial charge on any atom is 0.0769 e. The smallest absolute Gasteiger partial charge is 0.0769 e. The zero-order valence-electron chi connectivity index (χ0n) is 38.6. The van der Waals surface area contributed by atoms with Crippen LogP contribution in [0.2, 0.25) is 5.02 Å². The molecule has 10 nitrogen and oxygen atoms in total. The van der Waals surface area contributed by atoms with Crippen molar-refractivity contribution in [3.8, 4) is 0 Å². The van der Waals surface area contributed by atoms with Crippen LogP contribution in [0.4, 0.5) is 0 Å². The molecule has 0 saturated carbocycles. The minimum Gasteiger partial charge on any atom is -0.372 e. The average Bonchev–Trinajstić information content (AvgIpc) is 3.30. The van der Waals surface area contributed by atoms with Crippen molar-refractivity contribution in [1.29, 1.82) is 0 Å². The Kier molecular flexibility index (Phi) is 17.7. The molecule has 11 heteroatoms. The number of hydrogen-bond acceptors (Lipinski definition) is 10. The van der Waals surface area contributed by atoms with Gasteiger partial charge in [0.2, 0.25) is 0 Å². The monoisotopic (exact) mass is 892 g/mol. The predicted molar refractivity (Wildman–Crippen MR) is 257 cm³/mol. The Balaban J connectivity index is 0.000000133. The van der Waals surface area contributed by atoms with Gasteiger partial charge in [0.25, 0.3) is 0 Å². The van der Waals surface area contributed by atoms with E-state index < -0.39 is 0 Å². The van der Waals surface area contributed by atoms with E-state index in [9.17, 15) is 0 Å². The van der Waals surface area contributed by atoms with Gasteiger partial charge in [0.1, 0.15) is 0 Å². The molecule has 5 heterocycles. The first-order valence-electron chi connectivity index (χ1n) is 22.7. The first kappa shape index (κ1) is 49.4. The van der Waals surface area contributed by atoms with Gasteiger partial charge >= 0.3 is 0 Å². The van der Waals surface area contributed by atoms with E-state index in [1.807, 2.05) is 70.2 Å². The van der Waals surface area contributed by atoms with Gasteiger partial charge in [-0.05, 0) is 115 Å². The fraction of sp³-hybridized carbons (Fsp3) is 0.434. The number of rotatable bonds is 1. The second-order valence-corrected chi connectivity index (χ2v) is 17.9. The largest absolute Gasteiger partial charge is 0.372 e. The molecule has 5 aliphatic rings. The Labute approximate surface area is 386 Å². The summed E-state index contributed by atoms with van der Waals surface area (Å²) < 4.78 is 27.7. The fourth-order valence-electron chi connectivity index (χ4n) is 8.71. The van der Waals surface area contributed by atoms with Crippen molar-refractivity contribution in [2.45, 2.75) is 149 Å². The van der Waals surface area contributed by atoms with Crippen molar-refractivity contribution in [1.82, 2.24) is 0 Å². The normalized spacial score (nSPS) is 27.2. The van der Waals surface area contributed by atoms with Crippen LogP contribution in [0.25, 0.3) is 0 Å². The van der Waals surface area contributed by atoms with Crippen LogP contribution in [-0.2, 0) is 56.7 Å². The third-order valence-electron chi connectivity index (χ3n) is 13.0. The summed E-state index contributed by atoms with van der Waals surface area (Å²) in [5.41, 5.74) is 44.8. The summed E-state index contributed by atoms with van der Waals surface area (Å²) in [4.78, 5) is 0. The highest BCUT2D eigenvalue weighted by Gasteiger charge is 2.28. The maximum absolute atomic E-state index is 6.08. The first-order chi connectivity index (χ1) is 30.7. The van der Waals surface area contributed by atoms with Gasteiger partial charge in [0, 0.05) is 5.02 Å². The van der Waals surface area contributed by atoms with Crippen LogP contribution in [0, 0.1) is 13.8 Å². The summed E-state index contributed by atoms with van der Waals surface area (Å²) in [6.45, 7) is 17.8. The van der Waals surface area contributed by atoms with E-state index in [0.29, 0.717) is 33.0 Å². The van der Waals surface area contributed by atoms with Crippen molar-refractivity contribution in [3.05, 3.63) is 175 Å². The number of fused-ring (bicyclic) bond motifs is 5. The van der Waals surface area contributed by atoms with Crippen LogP contribution in [0.5, 0.6) is 0 Å². The molecule has 0 bridgehead atoms. The molecule has 5 aromatic rings. The van der Waals surface area contributed by atoms with Crippen LogP contribution in [0.3, 0.4) is 0 Å². The van der Waals surface area contributed by atoms with E-state index in [0.717, 1.165) is 22.6 Å². The second-order valence-electron chi connectivity index (χ2n) is 17.5. The van der Waals surface area contributed by atoms with E-state index in [4.69, 9.17) is 64.0 Å². The molecule has 0 aliphatic carbocycles. The molecule has 10 rings (SSSR count). The molecule has 0 radical (unpaired) electrons. The molecule has 344 valence electrons. The molecule has 0 saturated heterocycles. The lowest BCUT2D eigenvalue weighted by Gasteiger charge is -2.30. The van der Waals surface area contributed by atoms with Gasteiger partial charge in [-0.1, -0.05) is 121 Å². The summed E-state index contributed by atoms with van der Waals surface area (Å²) in [5, 5.41) is 0.750. The van der Waals surface area contributed by atoms with E-state index in [1.54, 1.807) is 0 Å². The van der Waals surface area contributed by atoms with Gasteiger partial charge in [-0.3, -0.25) is 0 Å². The minimum absolute atomic E-state index is 0.0312. The Morgan fingerprint density at radius 3 is 1.45 bits per heavy atom. The maximum atomic E-state index is 6.08. The number of ether oxygens (including phenoxy) is 5. The van der Waals surface area contributed by atoms with Gasteiger partial charge in [-0.25, -0.2) is 0 Å². The van der Waals surface area contributed by atoms with Crippen molar-refractivity contribution in [2.24, 2.45) is 28.7 Å². The average molecular weight is 893 g/mol. The quantitative estimate of drug-likeness (QED) is 0.109. The predicted octanol–water partition coefficient (Wildman–Crippen LogP) is 9.69. The topological polar surface area (TPSA) is 176 Å². The van der Waals surface area contributed by atoms with Gasteiger partial charge in [-0.15, -0.1) is 0 Å². The van der Waals surface area contributed by atoms with E-state index in [1.165, 1.54) is 55.6 Å². The fourth-order valence-corrected chi connectivity index (χ4v) is 9.03. The van der Waals surface area contributed by atoms with Crippen LogP contribution in [0.15, 0.2) is 103 Å². The van der Waals surface area contributed by atoms with Crippen LogP contribution < -0.4 is 28.7 Å². The highest BCUT2D eigenvalue weighted by molar-refractivity contribution is 6.31. The molecule has 0 aromatic heterocycles. The lowest BCUT2D eigenvalue weighted by atomic mass is 9.91. The van der Waals surface area contributed by atoms with E-state index in [-0.39, 0.29) is 60.7 Å². The Hall–Kier alpha value is -4.01. The minimum atomic E-state index is -0.0996. The second kappa shape index (κ2) is 22.9. The number of halogens is 1. The molecule has 5 aromatic carbocycles. The number of benzene rings is 5. The number of nitrogens with two attached hydrogens (primary N) is 5. The van der Waals surface area contributed by atoms with Crippen LogP contribution in [0.1, 0.15) is 138 Å². The van der Waals surface area contributed by atoms with Gasteiger partial charge < -0.3 is 52.4 Å². The summed E-state index contributed by atoms with van der Waals surface area (Å²) in [5.74, 6) is 0. The molecular formula is C53H70ClN5O5. The molecule has 0 unspecified atom stereocenters. The summed E-state index contributed by atoms with van der Waals surface area (Å²) >= 11 is 6.07. The van der Waals surface area contributed by atoms with E-state index >= 15 is 0 Å². The molecular weight excluding hydrogens is 822 g/mol. The summed E-state index contributed by atoms with van der Waals surface area (Å²) in [6, 6.07) is 34.9. The highest BCUT2D eigenvalue weighted by Crippen LogP contribution is 2.34. The third kappa shape index (κ3) is 11.9. The van der Waals surface area contributed by atoms with Gasteiger partial charge in [-0.2, -0.15) is 0 Å². The zero-order chi connectivity index (χ0) is 46.1. The molecule has 5 aliphatic heterocycles. The van der Waals surface area contributed by atoms with Crippen molar-refractivity contribution in [2.75, 3.05) is 0 Å². The van der Waals surface area contributed by atoms with Crippen molar-refractivity contribution in [3.63, 3.8) is 0 Å². The standard InChI is InChI=1S/3C11H15NO.C10H12ClNO.C10H13NO/c1-7-3-4-9-6-13-8(2)11(12)10(9)5-7;1-7-4-3-5-9-6-13-8(2)11(12)10(7)9;1-2-10-11(12)9-6-4-3-5-8(9)7-13-10;1-6-10(12)9-7(5-13-6)3-2-4-8(9)11;1-7-10(11)9-5-3-2-4-8(9)6-12-7/h2*3-5,8,11H,6,12H2,1-2H3;3-6,10-11H,2,7,12H2,1H3;2-4,6,10H,5,12H2,1H3;2-5,7,10H,6,11H2,1H3/t2*8-,11+;10-,11+;6-,10-;7-,10-/m01000/s1. The Bertz CT molecular complexity index is 2230. The number of hydrogen-bond donors (Lipinski definition) is 5. The van der Waals surface area contributed by atoms with E-state index in [2.05, 4.69) is 81.4 Å².